The average Bonchev–Trinajstić information content (AvgIpc) is 3.24. The third-order valence-electron chi connectivity index (χ3n) is 3.67. The summed E-state index contributed by atoms with van der Waals surface area (Å²) in [4.78, 5) is 16.1. The van der Waals surface area contributed by atoms with E-state index in [1.165, 1.54) is 12.3 Å². The molecule has 1 fully saturated rings. The molecule has 5 heteroatoms. The van der Waals surface area contributed by atoms with E-state index in [1.807, 2.05) is 12.1 Å². The van der Waals surface area contributed by atoms with Gasteiger partial charge in [-0.15, -0.1) is 0 Å². The minimum absolute atomic E-state index is 0.159. The summed E-state index contributed by atoms with van der Waals surface area (Å²) in [5.41, 5.74) is 6.83. The minimum Gasteiger partial charge on any atom is -0.399 e. The first-order valence-electron chi connectivity index (χ1n) is 6.39. The van der Waals surface area contributed by atoms with E-state index in [0.29, 0.717) is 5.69 Å². The van der Waals surface area contributed by atoms with Crippen LogP contribution in [-0.4, -0.2) is 10.9 Å². The van der Waals surface area contributed by atoms with Crippen LogP contribution < -0.4 is 11.1 Å². The maximum atomic E-state index is 13.5. The van der Waals surface area contributed by atoms with Crippen molar-refractivity contribution in [1.82, 2.24) is 4.98 Å². The number of nitrogens with zero attached hydrogens (tertiary/aromatic N) is 1. The van der Waals surface area contributed by atoms with E-state index in [4.69, 9.17) is 5.73 Å². The van der Waals surface area contributed by atoms with Gasteiger partial charge in [-0.2, -0.15) is 0 Å². The summed E-state index contributed by atoms with van der Waals surface area (Å²) in [5.74, 6) is -0.721. The molecule has 1 amide bonds. The second-order valence-corrected chi connectivity index (χ2v) is 5.01. The molecule has 3 N–H and O–H groups in total. The van der Waals surface area contributed by atoms with Crippen LogP contribution in [0.25, 0.3) is 0 Å². The van der Waals surface area contributed by atoms with Crippen LogP contribution in [0.1, 0.15) is 18.4 Å². The number of nitrogen functional groups attached to an aromatic ring is 1. The molecule has 1 saturated carbocycles. The lowest BCUT2D eigenvalue weighted by Crippen LogP contribution is -2.28. The number of hydrogen-bond acceptors (Lipinski definition) is 3. The van der Waals surface area contributed by atoms with Crippen LogP contribution in [0.15, 0.2) is 42.7 Å². The molecular weight excluding hydrogens is 257 g/mol. The van der Waals surface area contributed by atoms with Gasteiger partial charge in [-0.1, -0.05) is 12.1 Å². The van der Waals surface area contributed by atoms with E-state index >= 15 is 0 Å². The van der Waals surface area contributed by atoms with Gasteiger partial charge in [0.15, 0.2) is 5.82 Å². The molecule has 1 aromatic carbocycles. The van der Waals surface area contributed by atoms with Gasteiger partial charge in [0.1, 0.15) is 0 Å². The van der Waals surface area contributed by atoms with Gasteiger partial charge in [0.25, 0.3) is 0 Å². The normalized spacial score (nSPS) is 15.7. The third kappa shape index (κ3) is 2.11. The average molecular weight is 271 g/mol. The van der Waals surface area contributed by atoms with Crippen LogP contribution in [0.4, 0.5) is 15.8 Å². The first kappa shape index (κ1) is 12.6. The highest BCUT2D eigenvalue weighted by Gasteiger charge is 2.51. The maximum Gasteiger partial charge on any atom is 0.235 e. The zero-order valence-corrected chi connectivity index (χ0v) is 10.8. The fourth-order valence-electron chi connectivity index (χ4n) is 2.29. The predicted octanol–water partition coefficient (Wildman–Crippen LogP) is 2.47. The number of halogens is 1. The highest BCUT2D eigenvalue weighted by atomic mass is 19.1. The van der Waals surface area contributed by atoms with Gasteiger partial charge in [-0.25, -0.2) is 4.39 Å². The first-order chi connectivity index (χ1) is 9.62. The first-order valence-corrected chi connectivity index (χ1v) is 6.39. The number of carbonyl (C=O) groups is 1. The van der Waals surface area contributed by atoms with Crippen LogP contribution in [0.5, 0.6) is 0 Å². The lowest BCUT2D eigenvalue weighted by atomic mass is 9.94. The highest BCUT2D eigenvalue weighted by Crippen LogP contribution is 2.49. The number of aromatic nitrogens is 1. The number of pyridine rings is 1. The summed E-state index contributed by atoms with van der Waals surface area (Å²) in [7, 11) is 0. The van der Waals surface area contributed by atoms with Crippen LogP contribution in [0, 0.1) is 5.82 Å². The Morgan fingerprint density at radius 3 is 2.55 bits per heavy atom. The number of benzene rings is 1. The zero-order chi connectivity index (χ0) is 14.2. The largest absolute Gasteiger partial charge is 0.399 e. The fourth-order valence-corrected chi connectivity index (χ4v) is 2.29. The van der Waals surface area contributed by atoms with Crippen molar-refractivity contribution in [2.24, 2.45) is 0 Å². The Labute approximate surface area is 115 Å². The minimum atomic E-state index is -0.552. The Morgan fingerprint density at radius 2 is 1.95 bits per heavy atom. The van der Waals surface area contributed by atoms with Gasteiger partial charge in [-0.3, -0.25) is 9.78 Å². The molecule has 1 heterocycles. The molecule has 0 atom stereocenters. The third-order valence-corrected chi connectivity index (χ3v) is 3.67. The number of amides is 1. The number of nitrogens with two attached hydrogens (primary N) is 1. The molecule has 4 nitrogen and oxygen atoms in total. The van der Waals surface area contributed by atoms with E-state index < -0.39 is 11.2 Å². The quantitative estimate of drug-likeness (QED) is 0.843. The molecule has 0 unspecified atom stereocenters. The van der Waals surface area contributed by atoms with Crippen molar-refractivity contribution in [3.8, 4) is 0 Å². The fraction of sp³-hybridized carbons (Fsp3) is 0.200. The molecule has 2 aromatic rings. The smallest absolute Gasteiger partial charge is 0.235 e. The standard InChI is InChI=1S/C15H14FN3O/c16-12-9-18-8-5-13(12)19-14(20)15(6-7-15)10-1-3-11(17)4-2-10/h1-5,8-9H,6-7,17H2,(H,18,19,20). The molecule has 3 rings (SSSR count). The molecule has 102 valence electrons. The summed E-state index contributed by atoms with van der Waals surface area (Å²) in [6.45, 7) is 0. The summed E-state index contributed by atoms with van der Waals surface area (Å²) in [6.07, 6.45) is 4.05. The van der Waals surface area contributed by atoms with Crippen molar-refractivity contribution in [2.45, 2.75) is 18.3 Å². The topological polar surface area (TPSA) is 68.0 Å². The van der Waals surface area contributed by atoms with Crippen molar-refractivity contribution >= 4 is 17.3 Å². The highest BCUT2D eigenvalue weighted by molar-refractivity contribution is 6.01. The van der Waals surface area contributed by atoms with E-state index in [9.17, 15) is 9.18 Å². The van der Waals surface area contributed by atoms with Crippen LogP contribution in [-0.2, 0) is 10.2 Å². The zero-order valence-electron chi connectivity index (χ0n) is 10.8. The molecule has 0 bridgehead atoms. The summed E-state index contributed by atoms with van der Waals surface area (Å²) >= 11 is 0. The lowest BCUT2D eigenvalue weighted by molar-refractivity contribution is -0.118. The van der Waals surface area contributed by atoms with Crippen molar-refractivity contribution in [1.29, 1.82) is 0 Å². The maximum absolute atomic E-state index is 13.5. The number of carbonyl (C=O) groups excluding carboxylic acids is 1. The molecule has 0 radical (unpaired) electrons. The summed E-state index contributed by atoms with van der Waals surface area (Å²) in [6, 6.07) is 8.70. The van der Waals surface area contributed by atoms with Crippen molar-refractivity contribution < 1.29 is 9.18 Å². The van der Waals surface area contributed by atoms with Crippen molar-refractivity contribution in [3.05, 3.63) is 54.1 Å². The number of nitrogens with one attached hydrogen (secondary N) is 1. The van der Waals surface area contributed by atoms with E-state index in [-0.39, 0.29) is 11.6 Å². The second kappa shape index (κ2) is 4.59. The monoisotopic (exact) mass is 271 g/mol. The summed E-state index contributed by atoms with van der Waals surface area (Å²) < 4.78 is 13.5. The lowest BCUT2D eigenvalue weighted by Gasteiger charge is -2.16. The van der Waals surface area contributed by atoms with E-state index in [1.54, 1.807) is 12.1 Å². The van der Waals surface area contributed by atoms with Crippen LogP contribution in [0.3, 0.4) is 0 Å². The summed E-state index contributed by atoms with van der Waals surface area (Å²) in [5, 5.41) is 2.64. The van der Waals surface area contributed by atoms with Crippen LogP contribution >= 0.6 is 0 Å². The van der Waals surface area contributed by atoms with Gasteiger partial charge in [0.05, 0.1) is 17.3 Å². The Hall–Kier alpha value is -2.43. The van der Waals surface area contributed by atoms with Gasteiger partial charge >= 0.3 is 0 Å². The van der Waals surface area contributed by atoms with Gasteiger partial charge in [0.2, 0.25) is 5.91 Å². The molecule has 0 aliphatic heterocycles. The van der Waals surface area contributed by atoms with E-state index in [2.05, 4.69) is 10.3 Å². The van der Waals surface area contributed by atoms with Gasteiger partial charge < -0.3 is 11.1 Å². The van der Waals surface area contributed by atoms with Crippen molar-refractivity contribution in [2.75, 3.05) is 11.1 Å². The molecule has 1 aromatic heterocycles. The van der Waals surface area contributed by atoms with Gasteiger partial charge in [0, 0.05) is 11.9 Å². The molecule has 20 heavy (non-hydrogen) atoms. The second-order valence-electron chi connectivity index (χ2n) is 5.01. The van der Waals surface area contributed by atoms with Gasteiger partial charge in [-0.05, 0) is 36.6 Å². The van der Waals surface area contributed by atoms with E-state index in [0.717, 1.165) is 24.6 Å². The Bertz CT molecular complexity index is 650. The Kier molecular flexibility index (Phi) is 2.89. The van der Waals surface area contributed by atoms with Crippen molar-refractivity contribution in [3.63, 3.8) is 0 Å². The predicted molar refractivity (Wildman–Crippen MR) is 74.6 cm³/mol. The number of anilines is 2. The molecule has 0 spiro atoms. The molecular formula is C15H14FN3O. The molecule has 1 aliphatic rings. The Balaban J connectivity index is 1.84. The number of rotatable bonds is 3. The Morgan fingerprint density at radius 1 is 1.25 bits per heavy atom. The molecule has 0 saturated heterocycles. The van der Waals surface area contributed by atoms with Crippen LogP contribution in [0.2, 0.25) is 0 Å². The SMILES string of the molecule is Nc1ccc(C2(C(=O)Nc3ccncc3F)CC2)cc1. The number of hydrogen-bond donors (Lipinski definition) is 2. The molecule has 1 aliphatic carbocycles.